The summed E-state index contributed by atoms with van der Waals surface area (Å²) in [5.41, 5.74) is 9.40. The van der Waals surface area contributed by atoms with Crippen molar-refractivity contribution in [3.63, 3.8) is 0 Å². The molecule has 1 aromatic heterocycles. The summed E-state index contributed by atoms with van der Waals surface area (Å²) in [6.45, 7) is 0. The second-order valence-corrected chi connectivity index (χ2v) is 9.12. The zero-order valence-corrected chi connectivity index (χ0v) is 19.1. The molecule has 0 bridgehead atoms. The molecule has 6 rings (SSSR count). The number of hydrogen-bond acceptors (Lipinski definition) is 1. The minimum atomic E-state index is 0.981. The molecular formula is C30H21BrO. The molecule has 0 N–H and O–H groups in total. The lowest BCUT2D eigenvalue weighted by Gasteiger charge is -2.15. The second-order valence-electron chi connectivity index (χ2n) is 8.21. The van der Waals surface area contributed by atoms with Crippen LogP contribution in [0.5, 0.6) is 0 Å². The zero-order valence-electron chi connectivity index (χ0n) is 17.5. The van der Waals surface area contributed by atoms with Crippen LogP contribution < -0.4 is 0 Å². The van der Waals surface area contributed by atoms with Gasteiger partial charge in [0.2, 0.25) is 0 Å². The molecule has 4 aromatic carbocycles. The van der Waals surface area contributed by atoms with Gasteiger partial charge in [0.25, 0.3) is 0 Å². The first kappa shape index (κ1) is 19.3. The Bertz CT molecular complexity index is 1460. The average Bonchev–Trinajstić information content (AvgIpc) is 3.24. The van der Waals surface area contributed by atoms with Crippen LogP contribution >= 0.6 is 15.9 Å². The zero-order chi connectivity index (χ0) is 21.5. The maximum absolute atomic E-state index is 6.64. The van der Waals surface area contributed by atoms with Crippen molar-refractivity contribution in [1.82, 2.24) is 0 Å². The SMILES string of the molecule is Brc1cc(C2=CCCc3c2oc2c(-c4ccccc4)cccc32)cc(-c2ccccc2)c1. The fraction of sp³-hybridized carbons (Fsp3) is 0.0667. The largest absolute Gasteiger partial charge is 0.455 e. The van der Waals surface area contributed by atoms with Crippen LogP contribution in [0.3, 0.4) is 0 Å². The lowest BCUT2D eigenvalue weighted by molar-refractivity contribution is 0.592. The third-order valence-electron chi connectivity index (χ3n) is 6.21. The maximum Gasteiger partial charge on any atom is 0.142 e. The Morgan fingerprint density at radius 2 is 1.38 bits per heavy atom. The highest BCUT2D eigenvalue weighted by Crippen LogP contribution is 2.42. The predicted molar refractivity (Wildman–Crippen MR) is 137 cm³/mol. The predicted octanol–water partition coefficient (Wildman–Crippen LogP) is 8.91. The van der Waals surface area contributed by atoms with Gasteiger partial charge < -0.3 is 4.42 Å². The first-order chi connectivity index (χ1) is 15.8. The van der Waals surface area contributed by atoms with Gasteiger partial charge >= 0.3 is 0 Å². The maximum atomic E-state index is 6.64. The Balaban J connectivity index is 1.52. The summed E-state index contributed by atoms with van der Waals surface area (Å²) < 4.78 is 7.72. The number of halogens is 1. The van der Waals surface area contributed by atoms with E-state index >= 15 is 0 Å². The number of fused-ring (bicyclic) bond motifs is 3. The molecule has 0 fully saturated rings. The highest BCUT2D eigenvalue weighted by atomic mass is 79.9. The molecule has 0 amide bonds. The minimum absolute atomic E-state index is 0.981. The Hall–Kier alpha value is -3.36. The number of hydrogen-bond donors (Lipinski definition) is 0. The van der Waals surface area contributed by atoms with Crippen LogP contribution in [0.15, 0.2) is 112 Å². The minimum Gasteiger partial charge on any atom is -0.455 e. The van der Waals surface area contributed by atoms with Gasteiger partial charge in [0.05, 0.1) is 0 Å². The topological polar surface area (TPSA) is 13.1 Å². The molecule has 1 heterocycles. The summed E-state index contributed by atoms with van der Waals surface area (Å²) >= 11 is 3.74. The van der Waals surface area contributed by atoms with Gasteiger partial charge in [0, 0.05) is 26.6 Å². The molecule has 0 saturated heterocycles. The summed E-state index contributed by atoms with van der Waals surface area (Å²) in [5.74, 6) is 1.01. The highest BCUT2D eigenvalue weighted by molar-refractivity contribution is 9.10. The van der Waals surface area contributed by atoms with Crippen LogP contribution in [0, 0.1) is 0 Å². The Morgan fingerprint density at radius 3 is 2.16 bits per heavy atom. The van der Waals surface area contributed by atoms with Crippen molar-refractivity contribution in [2.75, 3.05) is 0 Å². The summed E-state index contributed by atoms with van der Waals surface area (Å²) in [4.78, 5) is 0. The molecule has 1 aliphatic rings. The Morgan fingerprint density at radius 1 is 0.656 bits per heavy atom. The molecule has 1 aliphatic carbocycles. The first-order valence-electron chi connectivity index (χ1n) is 10.9. The quantitative estimate of drug-likeness (QED) is 0.253. The molecule has 0 aliphatic heterocycles. The Kier molecular flexibility index (Phi) is 4.81. The molecule has 0 atom stereocenters. The van der Waals surface area contributed by atoms with Crippen molar-refractivity contribution in [3.05, 3.63) is 124 Å². The van der Waals surface area contributed by atoms with Crippen LogP contribution in [-0.4, -0.2) is 0 Å². The molecular weight excluding hydrogens is 456 g/mol. The van der Waals surface area contributed by atoms with Crippen LogP contribution in [-0.2, 0) is 6.42 Å². The van der Waals surface area contributed by atoms with E-state index in [9.17, 15) is 0 Å². The molecule has 0 spiro atoms. The molecule has 1 nitrogen and oxygen atoms in total. The highest BCUT2D eigenvalue weighted by Gasteiger charge is 2.24. The van der Waals surface area contributed by atoms with Crippen molar-refractivity contribution < 1.29 is 4.42 Å². The number of benzene rings is 4. The van der Waals surface area contributed by atoms with E-state index in [2.05, 4.69) is 119 Å². The van der Waals surface area contributed by atoms with Gasteiger partial charge in [0.15, 0.2) is 0 Å². The summed E-state index contributed by atoms with van der Waals surface area (Å²) in [7, 11) is 0. The Labute approximate surface area is 196 Å². The van der Waals surface area contributed by atoms with Crippen molar-refractivity contribution in [2.24, 2.45) is 0 Å². The monoisotopic (exact) mass is 476 g/mol. The van der Waals surface area contributed by atoms with E-state index in [-0.39, 0.29) is 0 Å². The van der Waals surface area contributed by atoms with Crippen LogP contribution in [0.4, 0.5) is 0 Å². The lowest BCUT2D eigenvalue weighted by atomic mass is 9.89. The standard InChI is InChI=1S/C30H21BrO/c31-24-18-22(20-9-3-1-4-10-20)17-23(19-24)26-14-8-16-28-27-15-7-13-25(29(27)32-30(26)28)21-11-5-2-6-12-21/h1-7,9-15,17-19H,8,16H2. The summed E-state index contributed by atoms with van der Waals surface area (Å²) in [6.07, 6.45) is 4.34. The molecule has 154 valence electrons. The van der Waals surface area contributed by atoms with Gasteiger partial charge in [-0.25, -0.2) is 0 Å². The van der Waals surface area contributed by atoms with Gasteiger partial charge in [-0.05, 0) is 53.3 Å². The van der Waals surface area contributed by atoms with E-state index in [1.54, 1.807) is 0 Å². The number of allylic oxidation sites excluding steroid dienone is 1. The third-order valence-corrected chi connectivity index (χ3v) is 6.66. The van der Waals surface area contributed by atoms with Gasteiger partial charge in [-0.1, -0.05) is 101 Å². The molecule has 5 aromatic rings. The van der Waals surface area contributed by atoms with E-state index in [1.807, 2.05) is 0 Å². The van der Waals surface area contributed by atoms with Gasteiger partial charge in [-0.2, -0.15) is 0 Å². The number of furan rings is 1. The van der Waals surface area contributed by atoms with E-state index in [0.29, 0.717) is 0 Å². The fourth-order valence-corrected chi connectivity index (χ4v) is 5.22. The van der Waals surface area contributed by atoms with Crippen molar-refractivity contribution >= 4 is 32.5 Å². The van der Waals surface area contributed by atoms with Gasteiger partial charge in [-0.3, -0.25) is 0 Å². The van der Waals surface area contributed by atoms with Crippen LogP contribution in [0.1, 0.15) is 23.3 Å². The molecule has 2 heteroatoms. The van der Waals surface area contributed by atoms with E-state index in [1.165, 1.54) is 38.8 Å². The van der Waals surface area contributed by atoms with E-state index in [4.69, 9.17) is 4.42 Å². The smallest absolute Gasteiger partial charge is 0.142 e. The fourth-order valence-electron chi connectivity index (χ4n) is 4.73. The first-order valence-corrected chi connectivity index (χ1v) is 11.7. The van der Waals surface area contributed by atoms with Crippen LogP contribution in [0.2, 0.25) is 0 Å². The molecule has 0 radical (unpaired) electrons. The van der Waals surface area contributed by atoms with Crippen molar-refractivity contribution in [2.45, 2.75) is 12.8 Å². The number of rotatable bonds is 3. The van der Waals surface area contributed by atoms with E-state index < -0.39 is 0 Å². The van der Waals surface area contributed by atoms with Crippen molar-refractivity contribution in [1.29, 1.82) is 0 Å². The normalized spacial score (nSPS) is 13.1. The lowest BCUT2D eigenvalue weighted by Crippen LogP contribution is -1.98. The third kappa shape index (κ3) is 3.32. The number of para-hydroxylation sites is 1. The van der Waals surface area contributed by atoms with E-state index in [0.717, 1.165) is 34.2 Å². The number of aryl methyl sites for hydroxylation is 1. The second kappa shape index (κ2) is 7.96. The van der Waals surface area contributed by atoms with Crippen LogP contribution in [0.25, 0.3) is 38.8 Å². The molecule has 0 unspecified atom stereocenters. The van der Waals surface area contributed by atoms with Crippen molar-refractivity contribution in [3.8, 4) is 22.3 Å². The van der Waals surface area contributed by atoms with Gasteiger partial charge in [0.1, 0.15) is 11.3 Å². The summed E-state index contributed by atoms with van der Waals surface area (Å²) in [5, 5.41) is 1.23. The van der Waals surface area contributed by atoms with Gasteiger partial charge in [-0.15, -0.1) is 0 Å². The molecule has 0 saturated carbocycles. The summed E-state index contributed by atoms with van der Waals surface area (Å²) in [6, 6.07) is 34.2. The average molecular weight is 477 g/mol. The molecule has 32 heavy (non-hydrogen) atoms.